The first kappa shape index (κ1) is 43.3. The summed E-state index contributed by atoms with van der Waals surface area (Å²) >= 11 is 0. The molecule has 10 rings (SSSR count). The van der Waals surface area contributed by atoms with E-state index in [1.807, 2.05) is 65.7 Å². The van der Waals surface area contributed by atoms with E-state index in [1.165, 1.54) is 26.0 Å². The SMILES string of the molecule is C=CC(=O)c1ccc2c(-c3c(Op4n5cc(C=C)cc5c5cc(C=C)cn54)cc(OC(C)=O)c4cc(C(=O)C=C)ccc34)c(Op3n4cc(C=C)cc4c4cc(C=C)cn43)cc(OC(C)=O)c2c1. The first-order valence-corrected chi connectivity index (χ1v) is 23.5. The van der Waals surface area contributed by atoms with Crippen LogP contribution >= 0.6 is 16.2 Å². The van der Waals surface area contributed by atoms with Gasteiger partial charge in [0.25, 0.3) is 0 Å². The first-order valence-electron chi connectivity index (χ1n) is 21.2. The van der Waals surface area contributed by atoms with Crippen LogP contribution in [0.25, 0.3) is 79.0 Å². The van der Waals surface area contributed by atoms with Crippen molar-refractivity contribution in [1.29, 1.82) is 0 Å². The summed E-state index contributed by atoms with van der Waals surface area (Å²) in [6.45, 7) is 26.1. The molecule has 6 heterocycles. The number of ether oxygens (including phenoxy) is 2. The van der Waals surface area contributed by atoms with Gasteiger partial charge in [-0.2, -0.15) is 0 Å². The Morgan fingerprint density at radius 3 is 1.04 bits per heavy atom. The number of carbonyl (C=O) groups excluding carboxylic acids is 4. The molecule has 0 saturated heterocycles. The van der Waals surface area contributed by atoms with Crippen molar-refractivity contribution < 1.29 is 37.7 Å². The second kappa shape index (κ2) is 16.7. The molecule has 0 fully saturated rings. The van der Waals surface area contributed by atoms with Crippen LogP contribution < -0.4 is 18.5 Å². The fourth-order valence-electron chi connectivity index (χ4n) is 8.64. The summed E-state index contributed by atoms with van der Waals surface area (Å²) in [4.78, 5) is 52.5. The highest BCUT2D eigenvalue weighted by Gasteiger charge is 2.29. The maximum atomic E-state index is 13.3. The van der Waals surface area contributed by atoms with E-state index in [9.17, 15) is 19.2 Å². The van der Waals surface area contributed by atoms with Crippen molar-refractivity contribution in [3.05, 3.63) is 183 Å². The van der Waals surface area contributed by atoms with Gasteiger partial charge >= 0.3 is 11.9 Å². The van der Waals surface area contributed by atoms with Gasteiger partial charge in [-0.25, -0.2) is 0 Å². The van der Waals surface area contributed by atoms with Gasteiger partial charge in [-0.1, -0.05) is 88.0 Å². The number of hydrogen-bond acceptors (Lipinski definition) is 8. The number of aromatic nitrogens is 4. The molecule has 0 unspecified atom stereocenters. The molecule has 4 aromatic carbocycles. The molecule has 6 aromatic heterocycles. The summed E-state index contributed by atoms with van der Waals surface area (Å²) in [5, 5.41) is 1.83. The third-order valence-corrected chi connectivity index (χ3v) is 15.2. The minimum absolute atomic E-state index is 0.128. The first-order chi connectivity index (χ1) is 32.9. The lowest BCUT2D eigenvalue weighted by atomic mass is 9.89. The van der Waals surface area contributed by atoms with Crippen molar-refractivity contribution in [3.63, 3.8) is 0 Å². The topological polar surface area (TPSA) is 123 Å². The van der Waals surface area contributed by atoms with Gasteiger partial charge in [-0.05, 0) is 81.6 Å². The summed E-state index contributed by atoms with van der Waals surface area (Å²) in [6, 6.07) is 21.6. The molecule has 0 atom stereocenters. The molecule has 0 radical (unpaired) electrons. The Hall–Kier alpha value is -8.56. The third-order valence-electron chi connectivity index (χ3n) is 11.7. The molecule has 0 N–H and O–H groups in total. The number of nitrogens with zero attached hydrogens (tertiary/aromatic N) is 4. The van der Waals surface area contributed by atoms with Crippen LogP contribution in [-0.4, -0.2) is 40.2 Å². The second-order valence-corrected chi connectivity index (χ2v) is 19.0. The smallest absolute Gasteiger partial charge is 0.308 e. The number of hydrogen-bond donors (Lipinski definition) is 0. The van der Waals surface area contributed by atoms with Crippen LogP contribution in [0.2, 0.25) is 0 Å². The number of esters is 2. The van der Waals surface area contributed by atoms with E-state index in [1.54, 1.807) is 72.8 Å². The molecule has 0 aliphatic heterocycles. The van der Waals surface area contributed by atoms with Crippen molar-refractivity contribution in [1.82, 2.24) is 16.7 Å². The maximum Gasteiger partial charge on any atom is 0.308 e. The number of rotatable bonds is 15. The zero-order chi connectivity index (χ0) is 47.7. The Morgan fingerprint density at radius 2 is 0.765 bits per heavy atom. The molecular formula is C54H40N4O8P2. The normalized spacial score (nSPS) is 11.4. The molecule has 0 bridgehead atoms. The second-order valence-electron chi connectivity index (χ2n) is 15.9. The molecule has 0 saturated carbocycles. The van der Waals surface area contributed by atoms with E-state index in [0.717, 1.165) is 44.3 Å². The van der Waals surface area contributed by atoms with Crippen molar-refractivity contribution in [3.8, 4) is 34.1 Å². The van der Waals surface area contributed by atoms with Crippen LogP contribution in [0.5, 0.6) is 23.0 Å². The summed E-state index contributed by atoms with van der Waals surface area (Å²) in [5.74, 6) is -1.10. The Bertz CT molecular complexity index is 3560. The Labute approximate surface area is 391 Å². The predicted octanol–water partition coefficient (Wildman–Crippen LogP) is 13.5. The van der Waals surface area contributed by atoms with Crippen molar-refractivity contribution in [2.75, 3.05) is 0 Å². The molecule has 0 aliphatic carbocycles. The van der Waals surface area contributed by atoms with Crippen LogP contribution in [0.15, 0.2) is 149 Å². The largest absolute Gasteiger partial charge is 0.426 e. The van der Waals surface area contributed by atoms with Crippen molar-refractivity contribution in [2.45, 2.75) is 13.8 Å². The predicted molar refractivity (Wildman–Crippen MR) is 273 cm³/mol. The quantitative estimate of drug-likeness (QED) is 0.0431. The highest BCUT2D eigenvalue weighted by Crippen LogP contribution is 2.54. The van der Waals surface area contributed by atoms with E-state index < -0.39 is 28.1 Å². The molecule has 14 heteroatoms. The van der Waals surface area contributed by atoms with Crippen molar-refractivity contribution in [2.24, 2.45) is 0 Å². The van der Waals surface area contributed by atoms with Gasteiger partial charge < -0.3 is 18.5 Å². The van der Waals surface area contributed by atoms with Crippen LogP contribution in [-0.2, 0) is 9.59 Å². The lowest BCUT2D eigenvalue weighted by molar-refractivity contribution is -0.132. The fraction of sp³-hybridized carbons (Fsp3) is 0.0370. The van der Waals surface area contributed by atoms with Gasteiger partial charge in [0.15, 0.2) is 11.6 Å². The molecular weight excluding hydrogens is 895 g/mol. The molecule has 0 spiro atoms. The van der Waals surface area contributed by atoms with E-state index in [2.05, 4.69) is 39.5 Å². The maximum absolute atomic E-state index is 13.3. The average molecular weight is 935 g/mol. The number of carbonyl (C=O) groups is 4. The number of allylic oxidation sites excluding steroid dienone is 2. The molecule has 68 heavy (non-hydrogen) atoms. The minimum Gasteiger partial charge on any atom is -0.426 e. The zero-order valence-electron chi connectivity index (χ0n) is 36.9. The summed E-state index contributed by atoms with van der Waals surface area (Å²) in [6.07, 6.45) is 17.4. The molecule has 0 amide bonds. The number of fused-ring (bicyclic) bond motifs is 8. The van der Waals surface area contributed by atoms with E-state index >= 15 is 0 Å². The number of benzene rings is 4. The molecule has 10 aromatic rings. The Morgan fingerprint density at radius 1 is 0.441 bits per heavy atom. The summed E-state index contributed by atoms with van der Waals surface area (Å²) < 4.78 is 34.9. The number of ketones is 2. The highest BCUT2D eigenvalue weighted by molar-refractivity contribution is 7.38. The summed E-state index contributed by atoms with van der Waals surface area (Å²) in [7, 11) is -3.53. The van der Waals surface area contributed by atoms with Gasteiger partial charge in [-0.3, -0.25) is 35.8 Å². The van der Waals surface area contributed by atoms with Crippen LogP contribution in [0, 0.1) is 0 Å². The molecule has 0 aliphatic rings. The third kappa shape index (κ3) is 7.02. The van der Waals surface area contributed by atoms with Gasteiger partial charge in [0.2, 0.25) is 16.2 Å². The van der Waals surface area contributed by atoms with Crippen LogP contribution in [0.3, 0.4) is 0 Å². The lowest BCUT2D eigenvalue weighted by Crippen LogP contribution is -2.05. The van der Waals surface area contributed by atoms with Gasteiger partial charge in [-0.15, -0.1) is 0 Å². The van der Waals surface area contributed by atoms with E-state index in [-0.39, 0.29) is 34.6 Å². The fourth-order valence-corrected chi connectivity index (χ4v) is 12.4. The van der Waals surface area contributed by atoms with E-state index in [0.29, 0.717) is 43.8 Å². The molecule has 334 valence electrons. The average Bonchev–Trinajstić information content (AvgIpc) is 4.20. The van der Waals surface area contributed by atoms with Crippen LogP contribution in [0.1, 0.15) is 56.8 Å². The zero-order valence-corrected chi connectivity index (χ0v) is 38.7. The Kier molecular flexibility index (Phi) is 10.6. The molecule has 12 nitrogen and oxygen atoms in total. The van der Waals surface area contributed by atoms with Gasteiger partial charge in [0, 0.05) is 83.8 Å². The van der Waals surface area contributed by atoms with Gasteiger partial charge in [0.05, 0.1) is 22.1 Å². The minimum atomic E-state index is -1.76. The standard InChI is InChI=1S/C54H40N4O8P2/c1-9-33-19-43-44-20-34(10-2)28-56(44)67(55(43)27-33)65-51-25-49(63-31(7)59)41-23-37(47(61)13-5)15-17-39(41)53(51)54-40-18-16-38(48(62)14-6)24-42(40)50(64-32(8)60)26-52(54)66-68-57-29-35(11-3)21-45(57)46-22-36(12-4)30-58(46)68/h9-30H,1-6H2,7-8H3. The monoisotopic (exact) mass is 934 g/mol. The Balaban J connectivity index is 1.38. The summed E-state index contributed by atoms with van der Waals surface area (Å²) in [5.41, 5.74) is 8.62. The van der Waals surface area contributed by atoms with Gasteiger partial charge in [0.1, 0.15) is 23.0 Å². The van der Waals surface area contributed by atoms with E-state index in [4.69, 9.17) is 18.5 Å². The van der Waals surface area contributed by atoms with Crippen molar-refractivity contribution >= 4 is 108 Å². The highest BCUT2D eigenvalue weighted by atomic mass is 31.1. The lowest BCUT2D eigenvalue weighted by Gasteiger charge is -2.22. The van der Waals surface area contributed by atoms with Crippen LogP contribution in [0.4, 0.5) is 0 Å².